The molecule has 1 aromatic heterocycles. The lowest BCUT2D eigenvalue weighted by atomic mass is 10.0. The third-order valence-electron chi connectivity index (χ3n) is 4.69. The summed E-state index contributed by atoms with van der Waals surface area (Å²) in [4.78, 5) is 29.4. The molecule has 29 heavy (non-hydrogen) atoms. The summed E-state index contributed by atoms with van der Waals surface area (Å²) in [7, 11) is -3.71. The van der Waals surface area contributed by atoms with E-state index >= 15 is 0 Å². The van der Waals surface area contributed by atoms with Crippen LogP contribution in [0.1, 0.15) is 35.8 Å². The fourth-order valence-corrected chi connectivity index (χ4v) is 4.67. The molecule has 1 fully saturated rings. The number of benzene rings is 1. The normalized spacial score (nSPS) is 17.8. The number of anilines is 1. The highest BCUT2D eigenvalue weighted by Crippen LogP contribution is 2.24. The van der Waals surface area contributed by atoms with E-state index in [0.717, 1.165) is 49.7 Å². The van der Waals surface area contributed by atoms with Crippen LogP contribution in [0.25, 0.3) is 0 Å². The maximum Gasteiger partial charge on any atom is 0.271 e. The van der Waals surface area contributed by atoms with E-state index in [1.54, 1.807) is 0 Å². The molecule has 0 radical (unpaired) electrons. The maximum atomic E-state index is 12.5. The summed E-state index contributed by atoms with van der Waals surface area (Å²) in [5.74, 6) is 0.00515. The van der Waals surface area contributed by atoms with Crippen molar-refractivity contribution in [3.8, 4) is 0 Å². The largest absolute Gasteiger partial charge is 0.298 e. The van der Waals surface area contributed by atoms with E-state index in [-0.39, 0.29) is 10.5 Å². The van der Waals surface area contributed by atoms with Gasteiger partial charge in [-0.2, -0.15) is 0 Å². The molecule has 9 nitrogen and oxygen atoms in total. The fraction of sp³-hybridized carbons (Fsp3) is 0.444. The molecule has 0 spiro atoms. The molecular formula is C18H22N4O5S2. The van der Waals surface area contributed by atoms with Crippen LogP contribution in [0.2, 0.25) is 0 Å². The Morgan fingerprint density at radius 3 is 2.83 bits per heavy atom. The van der Waals surface area contributed by atoms with Crippen molar-refractivity contribution in [2.75, 3.05) is 24.7 Å². The molecule has 1 saturated heterocycles. The molecule has 0 saturated carbocycles. The molecule has 2 aromatic rings. The molecule has 1 amide bonds. The number of amides is 1. The first-order valence-corrected chi connectivity index (χ1v) is 11.9. The molecule has 0 aliphatic carbocycles. The summed E-state index contributed by atoms with van der Waals surface area (Å²) in [6.45, 7) is 4.96. The summed E-state index contributed by atoms with van der Waals surface area (Å²) in [5.41, 5.74) is 0.272. The number of carbonyl (C=O) groups excluding carboxylic acids is 1. The van der Waals surface area contributed by atoms with E-state index in [1.807, 2.05) is 5.38 Å². The third-order valence-corrected chi connectivity index (χ3v) is 6.59. The Hall–Kier alpha value is -2.37. The Bertz CT molecular complexity index is 1030. The van der Waals surface area contributed by atoms with Crippen LogP contribution in [0.3, 0.4) is 0 Å². The van der Waals surface area contributed by atoms with Gasteiger partial charge in [0, 0.05) is 42.4 Å². The number of nitro groups is 1. The third kappa shape index (κ3) is 5.58. The zero-order chi connectivity index (χ0) is 21.2. The van der Waals surface area contributed by atoms with Gasteiger partial charge in [-0.15, -0.1) is 11.3 Å². The van der Waals surface area contributed by atoms with Crippen LogP contribution in [0.5, 0.6) is 0 Å². The summed E-state index contributed by atoms with van der Waals surface area (Å²) in [5, 5.41) is 15.9. The van der Waals surface area contributed by atoms with Crippen LogP contribution in [0, 0.1) is 16.0 Å². The Kier molecular flexibility index (Phi) is 6.30. The number of hydrogen-bond donors (Lipinski definition) is 1. The van der Waals surface area contributed by atoms with Gasteiger partial charge in [0.05, 0.1) is 15.5 Å². The molecule has 156 valence electrons. The summed E-state index contributed by atoms with van der Waals surface area (Å²) in [6, 6.07) is 3.11. The average molecular weight is 439 g/mol. The van der Waals surface area contributed by atoms with Gasteiger partial charge in [0.15, 0.2) is 15.0 Å². The van der Waals surface area contributed by atoms with Crippen LogP contribution in [0.15, 0.2) is 28.5 Å². The lowest BCUT2D eigenvalue weighted by Crippen LogP contribution is -2.33. The van der Waals surface area contributed by atoms with Crippen molar-refractivity contribution in [1.82, 2.24) is 9.88 Å². The number of nitrogens with one attached hydrogen (secondary N) is 1. The summed E-state index contributed by atoms with van der Waals surface area (Å²) in [6.07, 6.45) is 3.32. The van der Waals surface area contributed by atoms with Crippen LogP contribution < -0.4 is 5.32 Å². The molecule has 1 unspecified atom stereocenters. The second kappa shape index (κ2) is 8.56. The van der Waals surface area contributed by atoms with Gasteiger partial charge in [0.2, 0.25) is 0 Å². The lowest BCUT2D eigenvalue weighted by Gasteiger charge is -2.30. The molecule has 1 N–H and O–H groups in total. The molecule has 11 heteroatoms. The summed E-state index contributed by atoms with van der Waals surface area (Å²) < 4.78 is 23.6. The van der Waals surface area contributed by atoms with E-state index in [0.29, 0.717) is 17.6 Å². The number of likely N-dealkylation sites (tertiary alicyclic amines) is 1. The fourth-order valence-electron chi connectivity index (χ4n) is 3.30. The second-order valence-corrected chi connectivity index (χ2v) is 10.2. The van der Waals surface area contributed by atoms with E-state index in [1.165, 1.54) is 17.8 Å². The van der Waals surface area contributed by atoms with Crippen LogP contribution in [-0.4, -0.2) is 48.5 Å². The SMILES string of the molecule is CC1CCCN(Cc2csc(NC(=O)c3cc([N+](=O)[O-])cc(S(C)(=O)=O)c3)n2)C1. The molecule has 1 atom stereocenters. The van der Waals surface area contributed by atoms with Gasteiger partial charge in [0.25, 0.3) is 11.6 Å². The summed E-state index contributed by atoms with van der Waals surface area (Å²) >= 11 is 1.26. The van der Waals surface area contributed by atoms with Gasteiger partial charge < -0.3 is 0 Å². The highest BCUT2D eigenvalue weighted by molar-refractivity contribution is 7.90. The topological polar surface area (TPSA) is 123 Å². The van der Waals surface area contributed by atoms with E-state index in [9.17, 15) is 23.3 Å². The monoisotopic (exact) mass is 438 g/mol. The van der Waals surface area contributed by atoms with Crippen LogP contribution in [0.4, 0.5) is 10.8 Å². The predicted octanol–water partition coefficient (Wildman–Crippen LogP) is 2.94. The zero-order valence-electron chi connectivity index (χ0n) is 16.1. The molecule has 2 heterocycles. The number of carbonyl (C=O) groups is 1. The van der Waals surface area contributed by atoms with Gasteiger partial charge >= 0.3 is 0 Å². The van der Waals surface area contributed by atoms with E-state index < -0.39 is 26.4 Å². The van der Waals surface area contributed by atoms with Gasteiger partial charge in [-0.25, -0.2) is 13.4 Å². The minimum Gasteiger partial charge on any atom is -0.298 e. The van der Waals surface area contributed by atoms with Crippen molar-refractivity contribution in [2.45, 2.75) is 31.2 Å². The number of thiazole rings is 1. The number of aromatic nitrogens is 1. The van der Waals surface area contributed by atoms with E-state index in [2.05, 4.69) is 22.1 Å². The molecule has 3 rings (SSSR count). The second-order valence-electron chi connectivity index (χ2n) is 7.33. The minimum absolute atomic E-state index is 0.110. The highest BCUT2D eigenvalue weighted by atomic mass is 32.2. The standard InChI is InChI=1S/C18H22N4O5S2/c1-12-4-3-5-21(9-12)10-14-11-28-18(19-14)20-17(23)13-6-15(22(24)25)8-16(7-13)29(2,26)27/h6-8,11-12H,3-5,9-10H2,1-2H3,(H,19,20,23). The van der Waals surface area contributed by atoms with Crippen molar-refractivity contribution in [3.05, 3.63) is 45.0 Å². The number of nitrogens with zero attached hydrogens (tertiary/aromatic N) is 3. The molecule has 1 aliphatic heterocycles. The number of sulfone groups is 1. The van der Waals surface area contributed by atoms with Gasteiger partial charge in [-0.1, -0.05) is 6.92 Å². The maximum absolute atomic E-state index is 12.5. The number of non-ortho nitro benzene ring substituents is 1. The first-order chi connectivity index (χ1) is 13.6. The van der Waals surface area contributed by atoms with Crippen molar-refractivity contribution in [1.29, 1.82) is 0 Å². The van der Waals surface area contributed by atoms with Crippen molar-refractivity contribution in [2.24, 2.45) is 5.92 Å². The van der Waals surface area contributed by atoms with Crippen LogP contribution >= 0.6 is 11.3 Å². The molecule has 1 aliphatic rings. The van der Waals surface area contributed by atoms with Crippen LogP contribution in [-0.2, 0) is 16.4 Å². The first-order valence-electron chi connectivity index (χ1n) is 9.09. The first kappa shape index (κ1) is 21.3. The van der Waals surface area contributed by atoms with Crippen molar-refractivity contribution in [3.63, 3.8) is 0 Å². The number of rotatable bonds is 6. The quantitative estimate of drug-likeness (QED) is 0.543. The minimum atomic E-state index is -3.71. The number of hydrogen-bond acceptors (Lipinski definition) is 8. The Morgan fingerprint density at radius 2 is 2.17 bits per heavy atom. The van der Waals surface area contributed by atoms with Gasteiger partial charge in [0.1, 0.15) is 0 Å². The number of nitro benzene ring substituents is 1. The van der Waals surface area contributed by atoms with Crippen molar-refractivity contribution < 1.29 is 18.1 Å². The lowest BCUT2D eigenvalue weighted by molar-refractivity contribution is -0.385. The average Bonchev–Trinajstić information content (AvgIpc) is 3.07. The Labute approximate surface area is 172 Å². The van der Waals surface area contributed by atoms with Gasteiger partial charge in [-0.3, -0.25) is 25.1 Å². The molecular weight excluding hydrogens is 416 g/mol. The van der Waals surface area contributed by atoms with Crippen molar-refractivity contribution >= 4 is 37.9 Å². The van der Waals surface area contributed by atoms with E-state index in [4.69, 9.17) is 0 Å². The Morgan fingerprint density at radius 1 is 1.41 bits per heavy atom. The highest BCUT2D eigenvalue weighted by Gasteiger charge is 2.21. The molecule has 1 aromatic carbocycles. The Balaban J connectivity index is 1.74. The van der Waals surface area contributed by atoms with Gasteiger partial charge in [-0.05, 0) is 31.4 Å². The molecule has 0 bridgehead atoms. The predicted molar refractivity (Wildman–Crippen MR) is 110 cm³/mol. The smallest absolute Gasteiger partial charge is 0.271 e. The number of piperidine rings is 1. The zero-order valence-corrected chi connectivity index (χ0v) is 17.8.